The number of hydrogen-bond donors (Lipinski definition) is 2. The number of anilines is 1. The van der Waals surface area contributed by atoms with Crippen molar-refractivity contribution >= 4 is 11.7 Å². The van der Waals surface area contributed by atoms with Gasteiger partial charge in [-0.2, -0.15) is 0 Å². The number of aryl methyl sites for hydroxylation is 1. The van der Waals surface area contributed by atoms with Crippen LogP contribution < -0.4 is 10.6 Å². The van der Waals surface area contributed by atoms with E-state index in [-0.39, 0.29) is 12.1 Å². The zero-order valence-corrected chi connectivity index (χ0v) is 14.2. The minimum Gasteiger partial charge on any atom is -0.336 e. The van der Waals surface area contributed by atoms with E-state index >= 15 is 0 Å². The van der Waals surface area contributed by atoms with Gasteiger partial charge in [-0.15, -0.1) is 0 Å². The minimum absolute atomic E-state index is 0.152. The van der Waals surface area contributed by atoms with E-state index in [2.05, 4.69) is 39.8 Å². The van der Waals surface area contributed by atoms with E-state index < -0.39 is 0 Å². The lowest BCUT2D eigenvalue weighted by Gasteiger charge is -2.28. The first-order valence-corrected chi connectivity index (χ1v) is 8.63. The van der Waals surface area contributed by atoms with Gasteiger partial charge < -0.3 is 10.6 Å². The average Bonchev–Trinajstić information content (AvgIpc) is 3.10. The number of nitrogens with one attached hydrogen (secondary N) is 2. The fourth-order valence-electron chi connectivity index (χ4n) is 3.27. The van der Waals surface area contributed by atoms with Gasteiger partial charge in [-0.1, -0.05) is 42.5 Å². The van der Waals surface area contributed by atoms with Gasteiger partial charge in [0.15, 0.2) is 0 Å². The molecule has 1 aliphatic rings. The number of likely N-dealkylation sites (tertiary alicyclic amines) is 1. The summed E-state index contributed by atoms with van der Waals surface area (Å²) in [4.78, 5) is 14.7. The smallest absolute Gasteiger partial charge is 0.319 e. The summed E-state index contributed by atoms with van der Waals surface area (Å²) in [6, 6.07) is 18.4. The van der Waals surface area contributed by atoms with Gasteiger partial charge in [0.05, 0.1) is 6.04 Å². The van der Waals surface area contributed by atoms with Crippen LogP contribution in [0.3, 0.4) is 0 Å². The molecule has 1 heterocycles. The van der Waals surface area contributed by atoms with Crippen LogP contribution in [-0.2, 0) is 0 Å². The van der Waals surface area contributed by atoms with Gasteiger partial charge in [-0.05, 0) is 56.1 Å². The quantitative estimate of drug-likeness (QED) is 0.875. The summed E-state index contributed by atoms with van der Waals surface area (Å²) >= 11 is 0. The zero-order valence-electron chi connectivity index (χ0n) is 14.2. The SMILES string of the molecule is Cc1cccc(NC(=O)NC[C@@H](c2ccccc2)N2CCCC2)c1. The highest BCUT2D eigenvalue weighted by Crippen LogP contribution is 2.24. The Balaban J connectivity index is 1.61. The fraction of sp³-hybridized carbons (Fsp3) is 0.350. The van der Waals surface area contributed by atoms with Gasteiger partial charge in [-0.3, -0.25) is 4.90 Å². The predicted molar refractivity (Wildman–Crippen MR) is 98.2 cm³/mol. The van der Waals surface area contributed by atoms with Crippen molar-refractivity contribution < 1.29 is 4.79 Å². The summed E-state index contributed by atoms with van der Waals surface area (Å²) in [6.45, 7) is 4.82. The summed E-state index contributed by atoms with van der Waals surface area (Å²) in [7, 11) is 0. The number of benzene rings is 2. The van der Waals surface area contributed by atoms with Gasteiger partial charge in [0.2, 0.25) is 0 Å². The average molecular weight is 323 g/mol. The Morgan fingerprint density at radius 2 is 1.83 bits per heavy atom. The molecule has 2 aromatic rings. The number of carbonyl (C=O) groups excluding carboxylic acids is 1. The van der Waals surface area contributed by atoms with E-state index in [1.54, 1.807) is 0 Å². The summed E-state index contributed by atoms with van der Waals surface area (Å²) in [5.74, 6) is 0. The van der Waals surface area contributed by atoms with Crippen LogP contribution in [-0.4, -0.2) is 30.6 Å². The van der Waals surface area contributed by atoms with Crippen molar-refractivity contribution in [2.45, 2.75) is 25.8 Å². The molecule has 1 fully saturated rings. The molecule has 0 radical (unpaired) electrons. The summed E-state index contributed by atoms with van der Waals surface area (Å²) in [5.41, 5.74) is 3.22. The third-order valence-corrected chi connectivity index (χ3v) is 4.50. The number of carbonyl (C=O) groups is 1. The molecule has 0 spiro atoms. The van der Waals surface area contributed by atoms with Crippen LogP contribution in [0.25, 0.3) is 0 Å². The normalized spacial score (nSPS) is 15.9. The van der Waals surface area contributed by atoms with Crippen molar-refractivity contribution in [3.63, 3.8) is 0 Å². The Hall–Kier alpha value is -2.33. The molecule has 3 rings (SSSR count). The molecule has 1 saturated heterocycles. The first kappa shape index (κ1) is 16.5. The molecule has 0 bridgehead atoms. The monoisotopic (exact) mass is 323 g/mol. The molecule has 0 unspecified atom stereocenters. The second-order valence-corrected chi connectivity index (χ2v) is 6.37. The molecule has 0 aliphatic carbocycles. The molecular formula is C20H25N3O. The van der Waals surface area contributed by atoms with Gasteiger partial charge in [0.25, 0.3) is 0 Å². The highest BCUT2D eigenvalue weighted by Gasteiger charge is 2.23. The van der Waals surface area contributed by atoms with Crippen LogP contribution >= 0.6 is 0 Å². The van der Waals surface area contributed by atoms with Crippen molar-refractivity contribution in [3.8, 4) is 0 Å². The lowest BCUT2D eigenvalue weighted by atomic mass is 10.1. The standard InChI is InChI=1S/C20H25N3O/c1-16-8-7-11-18(14-16)22-20(24)21-15-19(23-12-5-6-13-23)17-9-3-2-4-10-17/h2-4,7-11,14,19H,5-6,12-13,15H2,1H3,(H2,21,22,24)/t19-/m0/s1. The zero-order chi connectivity index (χ0) is 16.8. The topological polar surface area (TPSA) is 44.4 Å². The second-order valence-electron chi connectivity index (χ2n) is 6.37. The predicted octanol–water partition coefficient (Wildman–Crippen LogP) is 3.95. The summed E-state index contributed by atoms with van der Waals surface area (Å²) < 4.78 is 0. The van der Waals surface area contributed by atoms with Gasteiger partial charge in [0, 0.05) is 12.2 Å². The number of hydrogen-bond acceptors (Lipinski definition) is 2. The molecule has 24 heavy (non-hydrogen) atoms. The molecule has 0 saturated carbocycles. The molecule has 4 heteroatoms. The van der Waals surface area contributed by atoms with Gasteiger partial charge >= 0.3 is 6.03 Å². The largest absolute Gasteiger partial charge is 0.336 e. The van der Waals surface area contributed by atoms with Crippen molar-refractivity contribution in [2.75, 3.05) is 25.0 Å². The maximum Gasteiger partial charge on any atom is 0.319 e. The molecule has 1 aliphatic heterocycles. The van der Waals surface area contributed by atoms with E-state index in [0.29, 0.717) is 6.54 Å². The number of urea groups is 1. The van der Waals surface area contributed by atoms with Gasteiger partial charge in [-0.25, -0.2) is 4.79 Å². The van der Waals surface area contributed by atoms with Crippen LogP contribution in [0.4, 0.5) is 10.5 Å². The molecule has 0 aromatic heterocycles. The highest BCUT2D eigenvalue weighted by molar-refractivity contribution is 5.89. The first-order valence-electron chi connectivity index (χ1n) is 8.63. The van der Waals surface area contributed by atoms with Crippen LogP contribution in [0.5, 0.6) is 0 Å². The van der Waals surface area contributed by atoms with E-state index in [1.165, 1.54) is 18.4 Å². The van der Waals surface area contributed by atoms with E-state index in [1.807, 2.05) is 37.3 Å². The number of amides is 2. The molecule has 2 N–H and O–H groups in total. The summed E-state index contributed by atoms with van der Waals surface area (Å²) in [6.07, 6.45) is 2.47. The van der Waals surface area contributed by atoms with Crippen LogP contribution in [0.15, 0.2) is 54.6 Å². The third-order valence-electron chi connectivity index (χ3n) is 4.50. The van der Waals surface area contributed by atoms with Gasteiger partial charge in [0.1, 0.15) is 0 Å². The Bertz CT molecular complexity index is 666. The van der Waals surface area contributed by atoms with Crippen molar-refractivity contribution in [1.29, 1.82) is 0 Å². The van der Waals surface area contributed by atoms with E-state index in [4.69, 9.17) is 0 Å². The lowest BCUT2D eigenvalue weighted by Crippen LogP contribution is -2.38. The second kappa shape index (κ2) is 7.97. The molecule has 1 atom stereocenters. The minimum atomic E-state index is -0.152. The fourth-order valence-corrected chi connectivity index (χ4v) is 3.27. The Labute approximate surface area is 143 Å². The third kappa shape index (κ3) is 4.36. The Morgan fingerprint density at radius 1 is 1.08 bits per heavy atom. The highest BCUT2D eigenvalue weighted by atomic mass is 16.2. The van der Waals surface area contributed by atoms with E-state index in [0.717, 1.165) is 24.3 Å². The van der Waals surface area contributed by atoms with Crippen LogP contribution in [0, 0.1) is 6.92 Å². The Kier molecular flexibility index (Phi) is 5.49. The number of nitrogens with zero attached hydrogens (tertiary/aromatic N) is 1. The Morgan fingerprint density at radius 3 is 2.54 bits per heavy atom. The van der Waals surface area contributed by atoms with Crippen LogP contribution in [0.1, 0.15) is 30.0 Å². The summed E-state index contributed by atoms with van der Waals surface area (Å²) in [5, 5.41) is 5.95. The van der Waals surface area contributed by atoms with Crippen molar-refractivity contribution in [1.82, 2.24) is 10.2 Å². The van der Waals surface area contributed by atoms with Crippen molar-refractivity contribution in [3.05, 3.63) is 65.7 Å². The van der Waals surface area contributed by atoms with Crippen LogP contribution in [0.2, 0.25) is 0 Å². The first-order chi connectivity index (χ1) is 11.7. The molecule has 4 nitrogen and oxygen atoms in total. The maximum absolute atomic E-state index is 12.2. The molecule has 2 amide bonds. The van der Waals surface area contributed by atoms with E-state index in [9.17, 15) is 4.79 Å². The van der Waals surface area contributed by atoms with Crippen molar-refractivity contribution in [2.24, 2.45) is 0 Å². The number of rotatable bonds is 5. The lowest BCUT2D eigenvalue weighted by molar-refractivity contribution is 0.227. The molecule has 2 aromatic carbocycles. The molecule has 126 valence electrons. The maximum atomic E-state index is 12.2. The molecular weight excluding hydrogens is 298 g/mol.